The Morgan fingerprint density at radius 3 is 2.64 bits per heavy atom. The van der Waals surface area contributed by atoms with Gasteiger partial charge in [-0.05, 0) is 73.4 Å². The number of aryl methyl sites for hydroxylation is 1. The molecule has 0 radical (unpaired) electrons. The number of aliphatic imine (C=N–C) groups is 1. The fourth-order valence-corrected chi connectivity index (χ4v) is 3.67. The summed E-state index contributed by atoms with van der Waals surface area (Å²) in [7, 11) is 2.01. The van der Waals surface area contributed by atoms with Crippen molar-refractivity contribution < 1.29 is 4.74 Å². The molecule has 0 bridgehead atoms. The van der Waals surface area contributed by atoms with Gasteiger partial charge in [0.2, 0.25) is 5.88 Å². The van der Waals surface area contributed by atoms with Crippen LogP contribution in [0.1, 0.15) is 58.6 Å². The SMILES string of the molecule is CCC(C)[C@H]1CC[C@@H](Oc2nc(C)c(/N=C/N(C)CC)cc2Br)CC1. The van der Waals surface area contributed by atoms with Crippen LogP contribution >= 0.6 is 15.9 Å². The molecule has 5 heteroatoms. The fraction of sp³-hybridized carbons (Fsp3) is 0.700. The molecule has 1 aromatic heterocycles. The molecule has 4 nitrogen and oxygen atoms in total. The molecule has 0 N–H and O–H groups in total. The van der Waals surface area contributed by atoms with Gasteiger partial charge in [0.25, 0.3) is 0 Å². The van der Waals surface area contributed by atoms with Crippen LogP contribution in [0.2, 0.25) is 0 Å². The van der Waals surface area contributed by atoms with Gasteiger partial charge in [0.1, 0.15) is 6.10 Å². The number of aromatic nitrogens is 1. The van der Waals surface area contributed by atoms with Gasteiger partial charge < -0.3 is 9.64 Å². The number of rotatable bonds is 7. The molecule has 0 aliphatic heterocycles. The summed E-state index contributed by atoms with van der Waals surface area (Å²) < 4.78 is 7.09. The molecule has 0 spiro atoms. The molecule has 1 heterocycles. The van der Waals surface area contributed by atoms with Crippen molar-refractivity contribution in [3.63, 3.8) is 0 Å². The van der Waals surface area contributed by atoms with Crippen molar-refractivity contribution >= 4 is 28.0 Å². The average molecular weight is 410 g/mol. The third kappa shape index (κ3) is 5.70. The van der Waals surface area contributed by atoms with Crippen molar-refractivity contribution in [3.8, 4) is 5.88 Å². The van der Waals surface area contributed by atoms with Crippen molar-refractivity contribution in [2.45, 2.75) is 65.9 Å². The van der Waals surface area contributed by atoms with E-state index in [4.69, 9.17) is 4.74 Å². The summed E-state index contributed by atoms with van der Waals surface area (Å²) in [5.74, 6) is 2.38. The molecule has 1 atom stereocenters. The number of ether oxygens (including phenoxy) is 1. The minimum atomic E-state index is 0.282. The first-order valence-corrected chi connectivity index (χ1v) is 10.3. The predicted octanol–water partition coefficient (Wildman–Crippen LogP) is 5.75. The van der Waals surface area contributed by atoms with Crippen LogP contribution in [0.3, 0.4) is 0 Å². The summed E-state index contributed by atoms with van der Waals surface area (Å²) in [4.78, 5) is 11.2. The zero-order chi connectivity index (χ0) is 18.4. The Kier molecular flexibility index (Phi) is 7.73. The lowest BCUT2D eigenvalue weighted by atomic mass is 9.79. The summed E-state index contributed by atoms with van der Waals surface area (Å²) in [6.45, 7) is 9.68. The Bertz CT molecular complexity index is 583. The standard InChI is InChI=1S/C20H32BrN3O/c1-6-14(3)16-8-10-17(11-9-16)25-20-18(21)12-19(15(4)23-20)22-13-24(5)7-2/h12-14,16-17H,6-11H2,1-5H3/b22-13+/t14?,16-,17+. The van der Waals surface area contributed by atoms with E-state index in [0.717, 1.165) is 47.1 Å². The highest BCUT2D eigenvalue weighted by Gasteiger charge is 2.26. The van der Waals surface area contributed by atoms with E-state index in [-0.39, 0.29) is 6.10 Å². The molecule has 2 rings (SSSR count). The predicted molar refractivity (Wildman–Crippen MR) is 109 cm³/mol. The number of nitrogens with zero attached hydrogens (tertiary/aromatic N) is 3. The second-order valence-electron chi connectivity index (χ2n) is 7.24. The van der Waals surface area contributed by atoms with E-state index in [0.29, 0.717) is 5.88 Å². The normalized spacial score (nSPS) is 22.2. The van der Waals surface area contributed by atoms with Gasteiger partial charge in [-0.25, -0.2) is 9.98 Å². The zero-order valence-corrected chi connectivity index (χ0v) is 17.8. The molecule has 1 unspecified atom stereocenters. The highest BCUT2D eigenvalue weighted by atomic mass is 79.9. The van der Waals surface area contributed by atoms with Gasteiger partial charge in [0.05, 0.1) is 22.2 Å². The minimum Gasteiger partial charge on any atom is -0.474 e. The van der Waals surface area contributed by atoms with Gasteiger partial charge in [-0.3, -0.25) is 0 Å². The maximum absolute atomic E-state index is 6.21. The minimum absolute atomic E-state index is 0.282. The van der Waals surface area contributed by atoms with Gasteiger partial charge in [0, 0.05) is 13.6 Å². The molecule has 0 aromatic carbocycles. The largest absolute Gasteiger partial charge is 0.474 e. The lowest BCUT2D eigenvalue weighted by Gasteiger charge is -2.32. The molecule has 25 heavy (non-hydrogen) atoms. The van der Waals surface area contributed by atoms with E-state index in [1.54, 1.807) is 0 Å². The molecule has 1 aliphatic rings. The summed E-state index contributed by atoms with van der Waals surface area (Å²) in [5.41, 5.74) is 1.77. The first-order chi connectivity index (χ1) is 11.9. The molecule has 0 saturated heterocycles. The molecule has 1 fully saturated rings. The van der Waals surface area contributed by atoms with Gasteiger partial charge in [-0.2, -0.15) is 0 Å². The van der Waals surface area contributed by atoms with Gasteiger partial charge >= 0.3 is 0 Å². The summed E-state index contributed by atoms with van der Waals surface area (Å²) in [6.07, 6.45) is 8.19. The highest BCUT2D eigenvalue weighted by molar-refractivity contribution is 9.10. The van der Waals surface area contributed by atoms with E-state index in [9.17, 15) is 0 Å². The van der Waals surface area contributed by atoms with Gasteiger partial charge in [0.15, 0.2) is 0 Å². The maximum atomic E-state index is 6.21. The summed E-state index contributed by atoms with van der Waals surface area (Å²) >= 11 is 3.60. The number of pyridine rings is 1. The Morgan fingerprint density at radius 2 is 2.04 bits per heavy atom. The van der Waals surface area contributed by atoms with E-state index in [2.05, 4.69) is 46.7 Å². The third-order valence-electron chi connectivity index (χ3n) is 5.45. The molecular formula is C20H32BrN3O. The first-order valence-electron chi connectivity index (χ1n) is 9.52. The second-order valence-corrected chi connectivity index (χ2v) is 8.09. The average Bonchev–Trinajstić information content (AvgIpc) is 2.62. The fourth-order valence-electron chi connectivity index (χ4n) is 3.27. The van der Waals surface area contributed by atoms with E-state index >= 15 is 0 Å². The first kappa shape index (κ1) is 20.2. The number of hydrogen-bond donors (Lipinski definition) is 0. The van der Waals surface area contributed by atoms with Crippen molar-refractivity contribution in [2.24, 2.45) is 16.8 Å². The molecule has 1 aromatic rings. The van der Waals surface area contributed by atoms with Crippen molar-refractivity contribution in [1.29, 1.82) is 0 Å². The molecular weight excluding hydrogens is 378 g/mol. The van der Waals surface area contributed by atoms with Crippen LogP contribution in [-0.4, -0.2) is 35.9 Å². The van der Waals surface area contributed by atoms with Crippen LogP contribution in [0.15, 0.2) is 15.5 Å². The van der Waals surface area contributed by atoms with Crippen LogP contribution in [0.5, 0.6) is 5.88 Å². The second kappa shape index (κ2) is 9.56. The smallest absolute Gasteiger partial charge is 0.228 e. The van der Waals surface area contributed by atoms with Crippen LogP contribution in [0, 0.1) is 18.8 Å². The van der Waals surface area contributed by atoms with Crippen LogP contribution < -0.4 is 4.74 Å². The van der Waals surface area contributed by atoms with Crippen molar-refractivity contribution in [1.82, 2.24) is 9.88 Å². The lowest BCUT2D eigenvalue weighted by Crippen LogP contribution is -2.27. The summed E-state index contributed by atoms with van der Waals surface area (Å²) in [6, 6.07) is 2.00. The van der Waals surface area contributed by atoms with Gasteiger partial charge in [-0.15, -0.1) is 0 Å². The van der Waals surface area contributed by atoms with E-state index in [1.165, 1.54) is 19.3 Å². The Balaban J connectivity index is 1.99. The lowest BCUT2D eigenvalue weighted by molar-refractivity contribution is 0.107. The van der Waals surface area contributed by atoms with E-state index in [1.807, 2.05) is 31.3 Å². The van der Waals surface area contributed by atoms with Crippen molar-refractivity contribution in [2.75, 3.05) is 13.6 Å². The summed E-state index contributed by atoms with van der Waals surface area (Å²) in [5, 5.41) is 0. The van der Waals surface area contributed by atoms with E-state index < -0.39 is 0 Å². The monoisotopic (exact) mass is 409 g/mol. The zero-order valence-electron chi connectivity index (χ0n) is 16.3. The third-order valence-corrected chi connectivity index (χ3v) is 6.01. The topological polar surface area (TPSA) is 37.7 Å². The Hall–Kier alpha value is -1.10. The van der Waals surface area contributed by atoms with Crippen LogP contribution in [-0.2, 0) is 0 Å². The molecule has 0 amide bonds. The number of halogens is 1. The Labute approximate surface area is 161 Å². The highest BCUT2D eigenvalue weighted by Crippen LogP contribution is 2.35. The molecule has 1 aliphatic carbocycles. The Morgan fingerprint density at radius 1 is 1.36 bits per heavy atom. The molecule has 140 valence electrons. The molecule has 1 saturated carbocycles. The maximum Gasteiger partial charge on any atom is 0.228 e. The van der Waals surface area contributed by atoms with Gasteiger partial charge in [-0.1, -0.05) is 20.3 Å². The van der Waals surface area contributed by atoms with Crippen LogP contribution in [0.4, 0.5) is 5.69 Å². The van der Waals surface area contributed by atoms with Crippen molar-refractivity contribution in [3.05, 3.63) is 16.2 Å². The quantitative estimate of drug-likeness (QED) is 0.424. The number of hydrogen-bond acceptors (Lipinski definition) is 3. The van der Waals surface area contributed by atoms with Crippen LogP contribution in [0.25, 0.3) is 0 Å².